The number of benzene rings is 1. The minimum Gasteiger partial charge on any atom is -0.481 e. The Labute approximate surface area is 225 Å². The van der Waals surface area contributed by atoms with Crippen molar-refractivity contribution in [2.24, 2.45) is 11.5 Å². The third-order valence-electron chi connectivity index (χ3n) is 5.76. The van der Waals surface area contributed by atoms with E-state index in [1.54, 1.807) is 24.3 Å². The van der Waals surface area contributed by atoms with Gasteiger partial charge in [0, 0.05) is 12.8 Å². The number of nitrogens with one attached hydrogen (secondary N) is 3. The molecule has 0 radical (unpaired) electrons. The third kappa shape index (κ3) is 13.4. The third-order valence-corrected chi connectivity index (χ3v) is 5.76. The van der Waals surface area contributed by atoms with Crippen LogP contribution in [-0.4, -0.2) is 81.7 Å². The molecular weight excluding hydrogens is 514 g/mol. The quantitative estimate of drug-likeness (QED) is 0.0963. The molecule has 0 aliphatic heterocycles. The maximum absolute atomic E-state index is 13.1. The van der Waals surface area contributed by atoms with Crippen LogP contribution in [0, 0.1) is 0 Å². The number of nitrogens with two attached hydrogens (primary N) is 2. The zero-order valence-electron chi connectivity index (χ0n) is 21.5. The van der Waals surface area contributed by atoms with Gasteiger partial charge in [-0.3, -0.25) is 24.0 Å². The highest BCUT2D eigenvalue weighted by Gasteiger charge is 2.30. The van der Waals surface area contributed by atoms with Gasteiger partial charge < -0.3 is 42.7 Å². The Bertz CT molecular complexity index is 989. The molecular formula is C25H37N5O9. The lowest BCUT2D eigenvalue weighted by Crippen LogP contribution is -2.57. The van der Waals surface area contributed by atoms with Crippen molar-refractivity contribution < 1.29 is 44.1 Å². The van der Waals surface area contributed by atoms with Crippen LogP contribution in [0.5, 0.6) is 0 Å². The number of carboxylic acids is 3. The smallest absolute Gasteiger partial charge is 0.326 e. The Morgan fingerprint density at radius 3 is 1.69 bits per heavy atom. The number of hydrogen-bond acceptors (Lipinski definition) is 8. The predicted molar refractivity (Wildman–Crippen MR) is 138 cm³/mol. The molecule has 1 aromatic carbocycles. The van der Waals surface area contributed by atoms with Crippen LogP contribution in [-0.2, 0) is 35.2 Å². The van der Waals surface area contributed by atoms with Crippen molar-refractivity contribution in [3.05, 3.63) is 35.9 Å². The van der Waals surface area contributed by atoms with E-state index in [0.717, 1.165) is 5.56 Å². The molecule has 0 spiro atoms. The van der Waals surface area contributed by atoms with E-state index >= 15 is 0 Å². The molecule has 0 heterocycles. The summed E-state index contributed by atoms with van der Waals surface area (Å²) in [5.74, 6) is -6.44. The molecule has 1 rings (SSSR count). The van der Waals surface area contributed by atoms with E-state index in [1.165, 1.54) is 0 Å². The minimum absolute atomic E-state index is 0.149. The summed E-state index contributed by atoms with van der Waals surface area (Å²) in [7, 11) is 0. The van der Waals surface area contributed by atoms with Crippen molar-refractivity contribution in [2.45, 2.75) is 75.5 Å². The maximum Gasteiger partial charge on any atom is 0.326 e. The normalized spacial score (nSPS) is 13.8. The van der Waals surface area contributed by atoms with Gasteiger partial charge in [-0.05, 0) is 50.6 Å². The van der Waals surface area contributed by atoms with Gasteiger partial charge in [-0.15, -0.1) is 0 Å². The maximum atomic E-state index is 13.1. The van der Waals surface area contributed by atoms with Crippen LogP contribution in [0.2, 0.25) is 0 Å². The van der Waals surface area contributed by atoms with Gasteiger partial charge in [0.15, 0.2) is 0 Å². The van der Waals surface area contributed by atoms with Gasteiger partial charge in [-0.2, -0.15) is 0 Å². The number of carbonyl (C=O) groups excluding carboxylic acids is 3. The first-order valence-electron chi connectivity index (χ1n) is 12.5. The van der Waals surface area contributed by atoms with Gasteiger partial charge in [-0.25, -0.2) is 4.79 Å². The van der Waals surface area contributed by atoms with Crippen molar-refractivity contribution in [1.29, 1.82) is 0 Å². The van der Waals surface area contributed by atoms with Crippen molar-refractivity contribution in [3.8, 4) is 0 Å². The molecule has 0 bridgehead atoms. The van der Waals surface area contributed by atoms with E-state index in [1.807, 2.05) is 6.07 Å². The summed E-state index contributed by atoms with van der Waals surface area (Å²) < 4.78 is 0. The molecule has 0 fully saturated rings. The number of hydrogen-bond donors (Lipinski definition) is 8. The molecule has 216 valence electrons. The Balaban J connectivity index is 3.00. The van der Waals surface area contributed by atoms with E-state index in [2.05, 4.69) is 16.0 Å². The van der Waals surface area contributed by atoms with Crippen LogP contribution >= 0.6 is 0 Å². The van der Waals surface area contributed by atoms with Crippen molar-refractivity contribution in [1.82, 2.24) is 16.0 Å². The zero-order chi connectivity index (χ0) is 29.4. The van der Waals surface area contributed by atoms with Gasteiger partial charge >= 0.3 is 17.9 Å². The van der Waals surface area contributed by atoms with Crippen LogP contribution in [0.1, 0.15) is 50.5 Å². The average Bonchev–Trinajstić information content (AvgIpc) is 2.88. The molecule has 39 heavy (non-hydrogen) atoms. The van der Waals surface area contributed by atoms with Gasteiger partial charge in [0.25, 0.3) is 0 Å². The summed E-state index contributed by atoms with van der Waals surface area (Å²) in [6.07, 6.45) is -0.522. The molecule has 1 aromatic rings. The first kappa shape index (κ1) is 33.0. The first-order chi connectivity index (χ1) is 18.4. The van der Waals surface area contributed by atoms with Crippen LogP contribution in [0.15, 0.2) is 30.3 Å². The van der Waals surface area contributed by atoms with E-state index in [0.29, 0.717) is 19.4 Å². The first-order valence-corrected chi connectivity index (χ1v) is 12.5. The van der Waals surface area contributed by atoms with Crippen LogP contribution in [0.25, 0.3) is 0 Å². The molecule has 3 amide bonds. The van der Waals surface area contributed by atoms with Gasteiger partial charge in [0.2, 0.25) is 17.7 Å². The summed E-state index contributed by atoms with van der Waals surface area (Å²) in [4.78, 5) is 72.1. The Hall–Kier alpha value is -4.04. The summed E-state index contributed by atoms with van der Waals surface area (Å²) in [6.45, 7) is 0.340. The second-order valence-electron chi connectivity index (χ2n) is 8.97. The van der Waals surface area contributed by atoms with E-state index in [9.17, 15) is 33.9 Å². The SMILES string of the molecule is NCCCCC(NC(=O)C(N)Cc1ccccc1)C(=O)NC(CCC(=O)O)C(=O)NC(CCC(=O)O)C(=O)O. The monoisotopic (exact) mass is 551 g/mol. The molecule has 14 heteroatoms. The Morgan fingerprint density at radius 1 is 0.692 bits per heavy atom. The number of carboxylic acid groups (broad SMARTS) is 3. The van der Waals surface area contributed by atoms with Crippen LogP contribution in [0.4, 0.5) is 0 Å². The Kier molecular flexibility index (Phi) is 14.8. The van der Waals surface area contributed by atoms with Gasteiger partial charge in [0.1, 0.15) is 18.1 Å². The fourth-order valence-electron chi connectivity index (χ4n) is 3.61. The fraction of sp³-hybridized carbons (Fsp3) is 0.520. The van der Waals surface area contributed by atoms with E-state index in [4.69, 9.17) is 21.7 Å². The minimum atomic E-state index is -1.58. The number of carbonyl (C=O) groups is 6. The van der Waals surface area contributed by atoms with E-state index < -0.39 is 79.1 Å². The highest BCUT2D eigenvalue weighted by atomic mass is 16.4. The second kappa shape index (κ2) is 17.5. The van der Waals surface area contributed by atoms with Crippen LogP contribution in [0.3, 0.4) is 0 Å². The fourth-order valence-corrected chi connectivity index (χ4v) is 3.61. The number of unbranched alkanes of at least 4 members (excludes halogenated alkanes) is 1. The lowest BCUT2D eigenvalue weighted by molar-refractivity contribution is -0.144. The average molecular weight is 552 g/mol. The highest BCUT2D eigenvalue weighted by Crippen LogP contribution is 2.08. The second-order valence-corrected chi connectivity index (χ2v) is 8.97. The topological polar surface area (TPSA) is 251 Å². The van der Waals surface area contributed by atoms with Crippen molar-refractivity contribution >= 4 is 35.6 Å². The molecule has 4 unspecified atom stereocenters. The molecule has 0 aliphatic carbocycles. The highest BCUT2D eigenvalue weighted by molar-refractivity contribution is 5.94. The summed E-state index contributed by atoms with van der Waals surface area (Å²) in [5.41, 5.74) is 12.4. The zero-order valence-corrected chi connectivity index (χ0v) is 21.5. The standard InChI is InChI=1S/C25H37N5O9/c26-13-5-4-8-17(28-22(35)16(27)14-15-6-2-1-3-7-15)23(36)29-18(9-11-20(31)32)24(37)30-19(25(38)39)10-12-21(33)34/h1-3,6-7,16-19H,4-5,8-14,26-27H2,(H,28,35)(H,29,36)(H,30,37)(H,31,32)(H,33,34)(H,38,39). The van der Waals surface area contributed by atoms with Crippen molar-refractivity contribution in [2.75, 3.05) is 6.54 Å². The molecule has 0 saturated heterocycles. The molecule has 0 saturated carbocycles. The van der Waals surface area contributed by atoms with Crippen molar-refractivity contribution in [3.63, 3.8) is 0 Å². The lowest BCUT2D eigenvalue weighted by atomic mass is 10.0. The number of amides is 3. The Morgan fingerprint density at radius 2 is 1.18 bits per heavy atom. The summed E-state index contributed by atoms with van der Waals surface area (Å²) >= 11 is 0. The molecule has 0 aromatic heterocycles. The molecule has 10 N–H and O–H groups in total. The predicted octanol–water partition coefficient (Wildman–Crippen LogP) is -1.05. The summed E-state index contributed by atoms with van der Waals surface area (Å²) in [6, 6.07) is 3.84. The molecule has 0 aliphatic rings. The van der Waals surface area contributed by atoms with E-state index in [-0.39, 0.29) is 19.3 Å². The van der Waals surface area contributed by atoms with Gasteiger partial charge in [-0.1, -0.05) is 30.3 Å². The lowest BCUT2D eigenvalue weighted by Gasteiger charge is -2.25. The number of rotatable bonds is 19. The summed E-state index contributed by atoms with van der Waals surface area (Å²) in [5, 5.41) is 34.3. The van der Waals surface area contributed by atoms with Crippen LogP contribution < -0.4 is 27.4 Å². The molecule has 4 atom stereocenters. The largest absolute Gasteiger partial charge is 0.481 e. The van der Waals surface area contributed by atoms with Gasteiger partial charge in [0.05, 0.1) is 6.04 Å². The number of aliphatic carboxylic acids is 3. The molecule has 14 nitrogen and oxygen atoms in total.